The standard InChI is InChI=1S/C17H22N4OS/c1-12-20-15(11-23-12)8-16(22)19-10-14-5-7-21(2)17(14)13-4-3-6-18-9-13/h3-4,6,9,11,14,17H,5,7-8,10H2,1-2H3,(H,19,22)/t14-,17-/m0/s1. The van der Waals surface area contributed by atoms with Gasteiger partial charge in [-0.05, 0) is 44.5 Å². The minimum atomic E-state index is 0.0507. The highest BCUT2D eigenvalue weighted by molar-refractivity contribution is 7.09. The molecule has 1 fully saturated rings. The number of aromatic nitrogens is 2. The van der Waals surface area contributed by atoms with Crippen LogP contribution in [0.1, 0.15) is 28.7 Å². The fraction of sp³-hybridized carbons (Fsp3) is 0.471. The van der Waals surface area contributed by atoms with Crippen molar-refractivity contribution < 1.29 is 4.79 Å². The van der Waals surface area contributed by atoms with Gasteiger partial charge < -0.3 is 5.32 Å². The van der Waals surface area contributed by atoms with Crippen molar-refractivity contribution in [2.45, 2.75) is 25.8 Å². The first-order valence-corrected chi connectivity index (χ1v) is 8.79. The molecular formula is C17H22N4OS. The number of rotatable bonds is 5. The average Bonchev–Trinajstić information content (AvgIpc) is 3.12. The summed E-state index contributed by atoms with van der Waals surface area (Å²) < 4.78 is 0. The number of nitrogens with zero attached hydrogens (tertiary/aromatic N) is 3. The normalized spacial score (nSPS) is 21.5. The van der Waals surface area contributed by atoms with Crippen molar-refractivity contribution in [3.63, 3.8) is 0 Å². The first kappa shape index (κ1) is 16.1. The summed E-state index contributed by atoms with van der Waals surface area (Å²) in [4.78, 5) is 23.1. The predicted molar refractivity (Wildman–Crippen MR) is 91.3 cm³/mol. The number of carbonyl (C=O) groups is 1. The fourth-order valence-electron chi connectivity index (χ4n) is 3.28. The lowest BCUT2D eigenvalue weighted by Crippen LogP contribution is -2.33. The second kappa shape index (κ2) is 7.19. The van der Waals surface area contributed by atoms with Crippen LogP contribution in [0.25, 0.3) is 0 Å². The molecule has 1 aliphatic heterocycles. The molecule has 0 aliphatic carbocycles. The maximum Gasteiger partial charge on any atom is 0.226 e. The molecule has 3 rings (SSSR count). The zero-order valence-electron chi connectivity index (χ0n) is 13.5. The van der Waals surface area contributed by atoms with Crippen LogP contribution in [-0.2, 0) is 11.2 Å². The van der Waals surface area contributed by atoms with Crippen LogP contribution < -0.4 is 5.32 Å². The lowest BCUT2D eigenvalue weighted by molar-refractivity contribution is -0.120. The molecule has 0 unspecified atom stereocenters. The third-order valence-electron chi connectivity index (χ3n) is 4.37. The summed E-state index contributed by atoms with van der Waals surface area (Å²) in [5.74, 6) is 0.472. The molecule has 5 nitrogen and oxygen atoms in total. The molecule has 2 aromatic heterocycles. The second-order valence-corrected chi connectivity index (χ2v) is 7.16. The van der Waals surface area contributed by atoms with E-state index in [2.05, 4.69) is 33.3 Å². The molecule has 0 radical (unpaired) electrons. The maximum absolute atomic E-state index is 12.1. The molecular weight excluding hydrogens is 308 g/mol. The minimum absolute atomic E-state index is 0.0507. The van der Waals surface area contributed by atoms with Gasteiger partial charge in [-0.1, -0.05) is 6.07 Å². The van der Waals surface area contributed by atoms with E-state index >= 15 is 0 Å². The van der Waals surface area contributed by atoms with Crippen LogP contribution in [0.5, 0.6) is 0 Å². The van der Waals surface area contributed by atoms with Crippen LogP contribution in [0, 0.1) is 12.8 Å². The van der Waals surface area contributed by atoms with Crippen molar-refractivity contribution in [3.8, 4) is 0 Å². The third kappa shape index (κ3) is 3.95. The SMILES string of the molecule is Cc1nc(CC(=O)NC[C@@H]2CCN(C)[C@H]2c2cccnc2)cs1. The van der Waals surface area contributed by atoms with Gasteiger partial charge in [0, 0.05) is 30.4 Å². The number of hydrogen-bond donors (Lipinski definition) is 1. The Morgan fingerprint density at radius 3 is 3.09 bits per heavy atom. The van der Waals surface area contributed by atoms with Gasteiger partial charge in [-0.3, -0.25) is 14.7 Å². The van der Waals surface area contributed by atoms with Crippen molar-refractivity contribution in [2.75, 3.05) is 20.1 Å². The van der Waals surface area contributed by atoms with E-state index in [4.69, 9.17) is 0 Å². The van der Waals surface area contributed by atoms with Gasteiger partial charge in [0.25, 0.3) is 0 Å². The molecule has 1 amide bonds. The number of amides is 1. The van der Waals surface area contributed by atoms with Gasteiger partial charge in [-0.25, -0.2) is 4.98 Å². The molecule has 2 atom stereocenters. The molecule has 1 N–H and O–H groups in total. The van der Waals surface area contributed by atoms with Crippen LogP contribution >= 0.6 is 11.3 Å². The van der Waals surface area contributed by atoms with E-state index in [0.29, 0.717) is 24.9 Å². The molecule has 0 bridgehead atoms. The van der Waals surface area contributed by atoms with Gasteiger partial charge >= 0.3 is 0 Å². The van der Waals surface area contributed by atoms with Crippen molar-refractivity contribution >= 4 is 17.2 Å². The maximum atomic E-state index is 12.1. The zero-order chi connectivity index (χ0) is 16.2. The highest BCUT2D eigenvalue weighted by Crippen LogP contribution is 2.35. The Kier molecular flexibility index (Phi) is 5.03. The van der Waals surface area contributed by atoms with Gasteiger partial charge in [0.2, 0.25) is 5.91 Å². The predicted octanol–water partition coefficient (Wildman–Crippen LogP) is 2.20. The molecule has 1 aliphatic rings. The number of likely N-dealkylation sites (tertiary alicyclic amines) is 1. The monoisotopic (exact) mass is 330 g/mol. The minimum Gasteiger partial charge on any atom is -0.355 e. The van der Waals surface area contributed by atoms with E-state index in [-0.39, 0.29) is 5.91 Å². The molecule has 1 saturated heterocycles. The van der Waals surface area contributed by atoms with Crippen LogP contribution in [-0.4, -0.2) is 40.9 Å². The van der Waals surface area contributed by atoms with E-state index in [0.717, 1.165) is 23.7 Å². The van der Waals surface area contributed by atoms with Gasteiger partial charge in [0.05, 0.1) is 17.1 Å². The van der Waals surface area contributed by atoms with Crippen molar-refractivity contribution in [1.29, 1.82) is 0 Å². The first-order valence-electron chi connectivity index (χ1n) is 7.91. The Morgan fingerprint density at radius 2 is 2.39 bits per heavy atom. The second-order valence-electron chi connectivity index (χ2n) is 6.10. The largest absolute Gasteiger partial charge is 0.355 e. The number of nitrogens with one attached hydrogen (secondary N) is 1. The average molecular weight is 330 g/mol. The van der Waals surface area contributed by atoms with E-state index < -0.39 is 0 Å². The zero-order valence-corrected chi connectivity index (χ0v) is 14.3. The van der Waals surface area contributed by atoms with Gasteiger partial charge in [0.1, 0.15) is 0 Å². The van der Waals surface area contributed by atoms with Crippen molar-refractivity contribution in [2.24, 2.45) is 5.92 Å². The number of carbonyl (C=O) groups excluding carboxylic acids is 1. The molecule has 0 spiro atoms. The Morgan fingerprint density at radius 1 is 1.52 bits per heavy atom. The molecule has 0 aromatic carbocycles. The summed E-state index contributed by atoms with van der Waals surface area (Å²) >= 11 is 1.58. The van der Waals surface area contributed by atoms with Crippen LogP contribution in [0.3, 0.4) is 0 Å². The summed E-state index contributed by atoms with van der Waals surface area (Å²) in [6, 6.07) is 4.42. The molecule has 6 heteroatoms. The summed E-state index contributed by atoms with van der Waals surface area (Å²) in [6.07, 6.45) is 5.18. The van der Waals surface area contributed by atoms with E-state index in [9.17, 15) is 4.79 Å². The summed E-state index contributed by atoms with van der Waals surface area (Å²) in [5, 5.41) is 6.04. The Balaban J connectivity index is 1.57. The van der Waals surface area contributed by atoms with E-state index in [1.807, 2.05) is 24.6 Å². The number of aryl methyl sites for hydroxylation is 1. The molecule has 2 aromatic rings. The van der Waals surface area contributed by atoms with Crippen LogP contribution in [0.15, 0.2) is 29.9 Å². The van der Waals surface area contributed by atoms with Gasteiger partial charge in [-0.2, -0.15) is 0 Å². The fourth-order valence-corrected chi connectivity index (χ4v) is 3.89. The summed E-state index contributed by atoms with van der Waals surface area (Å²) in [6.45, 7) is 3.70. The Bertz CT molecular complexity index is 658. The Labute approximate surface area is 140 Å². The van der Waals surface area contributed by atoms with Crippen LogP contribution in [0.2, 0.25) is 0 Å². The lowest BCUT2D eigenvalue weighted by atomic mass is 9.94. The third-order valence-corrected chi connectivity index (χ3v) is 5.19. The first-order chi connectivity index (χ1) is 11.1. The molecule has 3 heterocycles. The van der Waals surface area contributed by atoms with Crippen LogP contribution in [0.4, 0.5) is 0 Å². The summed E-state index contributed by atoms with van der Waals surface area (Å²) in [7, 11) is 2.14. The van der Waals surface area contributed by atoms with Gasteiger partial charge in [-0.15, -0.1) is 11.3 Å². The van der Waals surface area contributed by atoms with E-state index in [1.54, 1.807) is 17.5 Å². The lowest BCUT2D eigenvalue weighted by Gasteiger charge is -2.25. The smallest absolute Gasteiger partial charge is 0.226 e. The molecule has 0 saturated carbocycles. The highest BCUT2D eigenvalue weighted by Gasteiger charge is 2.33. The quantitative estimate of drug-likeness (QED) is 0.913. The number of thiazole rings is 1. The molecule has 23 heavy (non-hydrogen) atoms. The van der Waals surface area contributed by atoms with Crippen molar-refractivity contribution in [1.82, 2.24) is 20.2 Å². The molecule has 122 valence electrons. The van der Waals surface area contributed by atoms with E-state index in [1.165, 1.54) is 5.56 Å². The van der Waals surface area contributed by atoms with Gasteiger partial charge in [0.15, 0.2) is 0 Å². The number of hydrogen-bond acceptors (Lipinski definition) is 5. The Hall–Kier alpha value is -1.79. The summed E-state index contributed by atoms with van der Waals surface area (Å²) in [5.41, 5.74) is 2.08. The topological polar surface area (TPSA) is 58.1 Å². The number of pyridine rings is 1. The highest BCUT2D eigenvalue weighted by atomic mass is 32.1. The van der Waals surface area contributed by atoms with Crippen molar-refractivity contribution in [3.05, 3.63) is 46.2 Å².